The predicted octanol–water partition coefficient (Wildman–Crippen LogP) is 2.30. The number of nitrogens with zero attached hydrogens (tertiary/aromatic N) is 2. The van der Waals surface area contributed by atoms with E-state index in [1.807, 2.05) is 0 Å². The Morgan fingerprint density at radius 2 is 2.27 bits per heavy atom. The summed E-state index contributed by atoms with van der Waals surface area (Å²) in [6.45, 7) is 5.66. The molecule has 0 aromatic carbocycles. The van der Waals surface area contributed by atoms with E-state index < -0.39 is 17.5 Å². The summed E-state index contributed by atoms with van der Waals surface area (Å²) in [4.78, 5) is 15.2. The molecule has 0 saturated carbocycles. The summed E-state index contributed by atoms with van der Waals surface area (Å²) in [5, 5.41) is 13.7. The van der Waals surface area contributed by atoms with Crippen molar-refractivity contribution in [3.05, 3.63) is 29.3 Å². The van der Waals surface area contributed by atoms with Crippen molar-refractivity contribution < 1.29 is 19.1 Å². The van der Waals surface area contributed by atoms with Gasteiger partial charge in [0.05, 0.1) is 6.21 Å². The van der Waals surface area contributed by atoms with Crippen molar-refractivity contribution in [1.29, 1.82) is 0 Å². The summed E-state index contributed by atoms with van der Waals surface area (Å²) in [7, 11) is 0. The third kappa shape index (κ3) is 6.70. The van der Waals surface area contributed by atoms with Crippen LogP contribution in [0.15, 0.2) is 17.3 Å². The Hall–Kier alpha value is -2.62. The number of amides is 1. The Morgan fingerprint density at radius 3 is 2.91 bits per heavy atom. The van der Waals surface area contributed by atoms with Crippen molar-refractivity contribution in [1.82, 2.24) is 10.3 Å². The molecule has 1 aromatic rings. The number of rotatable bonds is 3. The summed E-state index contributed by atoms with van der Waals surface area (Å²) in [5.41, 5.74) is -0.298. The van der Waals surface area contributed by atoms with Crippen LogP contribution in [0.5, 0.6) is 0 Å². The molecule has 2 N–H and O–H groups in total. The van der Waals surface area contributed by atoms with Gasteiger partial charge in [-0.1, -0.05) is 11.1 Å². The SMILES string of the molecule is CC(C)(C)OC(=O)NCCC#Cc1ccc(F)c(/C=N/O)n1. The monoisotopic (exact) mass is 307 g/mol. The minimum absolute atomic E-state index is 0.0961. The molecule has 0 spiro atoms. The number of oxime groups is 1. The molecule has 1 heterocycles. The number of halogens is 1. The van der Waals surface area contributed by atoms with Gasteiger partial charge in [-0.3, -0.25) is 0 Å². The van der Waals surface area contributed by atoms with E-state index in [0.29, 0.717) is 18.7 Å². The van der Waals surface area contributed by atoms with Crippen LogP contribution in [0.1, 0.15) is 38.6 Å². The highest BCUT2D eigenvalue weighted by Gasteiger charge is 2.15. The van der Waals surface area contributed by atoms with Crippen LogP contribution in [0, 0.1) is 17.7 Å². The molecule has 0 aliphatic heterocycles. The van der Waals surface area contributed by atoms with Gasteiger partial charge in [-0.2, -0.15) is 0 Å². The average molecular weight is 307 g/mol. The van der Waals surface area contributed by atoms with Gasteiger partial charge in [0, 0.05) is 13.0 Å². The Morgan fingerprint density at radius 1 is 1.55 bits per heavy atom. The summed E-state index contributed by atoms with van der Waals surface area (Å²) in [6.07, 6.45) is 0.780. The second-order valence-corrected chi connectivity index (χ2v) is 5.29. The maximum absolute atomic E-state index is 13.2. The molecule has 0 fully saturated rings. The Bertz CT molecular complexity index is 613. The lowest BCUT2D eigenvalue weighted by molar-refractivity contribution is 0.0529. The Kier molecular flexibility index (Phi) is 6.32. The number of alkyl carbamates (subject to hydrolysis) is 1. The first-order chi connectivity index (χ1) is 10.3. The molecule has 6 nitrogen and oxygen atoms in total. The fourth-order valence-electron chi connectivity index (χ4n) is 1.37. The Labute approximate surface area is 128 Å². The van der Waals surface area contributed by atoms with Crippen molar-refractivity contribution in [3.63, 3.8) is 0 Å². The summed E-state index contributed by atoms with van der Waals surface area (Å²) in [5.74, 6) is 4.92. The van der Waals surface area contributed by atoms with Crippen molar-refractivity contribution in [3.8, 4) is 11.8 Å². The van der Waals surface area contributed by atoms with E-state index in [4.69, 9.17) is 9.94 Å². The molecular weight excluding hydrogens is 289 g/mol. The van der Waals surface area contributed by atoms with Gasteiger partial charge < -0.3 is 15.3 Å². The second kappa shape index (κ2) is 7.98. The maximum Gasteiger partial charge on any atom is 0.407 e. The predicted molar refractivity (Wildman–Crippen MR) is 79.3 cm³/mol. The molecule has 0 saturated heterocycles. The largest absolute Gasteiger partial charge is 0.444 e. The van der Waals surface area contributed by atoms with E-state index in [1.165, 1.54) is 12.1 Å². The van der Waals surface area contributed by atoms with E-state index in [0.717, 1.165) is 6.21 Å². The van der Waals surface area contributed by atoms with E-state index >= 15 is 0 Å². The lowest BCUT2D eigenvalue weighted by Crippen LogP contribution is -2.32. The third-order valence-corrected chi connectivity index (χ3v) is 2.19. The van der Waals surface area contributed by atoms with Crippen LogP contribution in [-0.4, -0.2) is 34.6 Å². The maximum atomic E-state index is 13.2. The van der Waals surface area contributed by atoms with Gasteiger partial charge in [0.25, 0.3) is 0 Å². The fraction of sp³-hybridized carbons (Fsp3) is 0.400. The van der Waals surface area contributed by atoms with E-state index in [2.05, 4.69) is 27.3 Å². The molecule has 0 aliphatic rings. The highest BCUT2D eigenvalue weighted by molar-refractivity contribution is 5.76. The van der Waals surface area contributed by atoms with Crippen LogP contribution in [0.25, 0.3) is 0 Å². The molecule has 0 unspecified atom stereocenters. The molecule has 1 aromatic heterocycles. The van der Waals surface area contributed by atoms with Crippen molar-refractivity contribution >= 4 is 12.3 Å². The van der Waals surface area contributed by atoms with Crippen LogP contribution in [0.3, 0.4) is 0 Å². The summed E-state index contributed by atoms with van der Waals surface area (Å²) >= 11 is 0. The van der Waals surface area contributed by atoms with Crippen molar-refractivity contribution in [2.24, 2.45) is 5.16 Å². The lowest BCUT2D eigenvalue weighted by atomic mass is 10.2. The van der Waals surface area contributed by atoms with Crippen LogP contribution >= 0.6 is 0 Å². The number of carbonyl (C=O) groups is 1. The van der Waals surface area contributed by atoms with E-state index in [9.17, 15) is 9.18 Å². The zero-order chi connectivity index (χ0) is 16.6. The number of nitrogens with one attached hydrogen (secondary N) is 1. The summed E-state index contributed by atoms with van der Waals surface area (Å²) in [6, 6.07) is 2.60. The van der Waals surface area contributed by atoms with E-state index in [-0.39, 0.29) is 5.69 Å². The molecular formula is C15H18FN3O3. The smallest absolute Gasteiger partial charge is 0.407 e. The molecule has 0 bridgehead atoms. The number of hydrogen-bond acceptors (Lipinski definition) is 5. The first-order valence-corrected chi connectivity index (χ1v) is 6.61. The minimum Gasteiger partial charge on any atom is -0.444 e. The molecule has 118 valence electrons. The number of ether oxygens (including phenoxy) is 1. The van der Waals surface area contributed by atoms with Gasteiger partial charge in [-0.25, -0.2) is 14.2 Å². The number of aromatic nitrogens is 1. The average Bonchev–Trinajstić information content (AvgIpc) is 2.40. The lowest BCUT2D eigenvalue weighted by Gasteiger charge is -2.19. The van der Waals surface area contributed by atoms with Gasteiger partial charge in [0.1, 0.15) is 17.0 Å². The highest BCUT2D eigenvalue weighted by atomic mass is 19.1. The van der Waals surface area contributed by atoms with Gasteiger partial charge >= 0.3 is 6.09 Å². The molecule has 1 amide bonds. The number of pyridine rings is 1. The normalized spacial score (nSPS) is 10.9. The number of hydrogen-bond donors (Lipinski definition) is 2. The highest BCUT2D eigenvalue weighted by Crippen LogP contribution is 2.06. The molecule has 22 heavy (non-hydrogen) atoms. The Balaban J connectivity index is 2.48. The van der Waals surface area contributed by atoms with Gasteiger partial charge in [-0.05, 0) is 38.8 Å². The molecule has 0 atom stereocenters. The van der Waals surface area contributed by atoms with Crippen LogP contribution < -0.4 is 5.32 Å². The van der Waals surface area contributed by atoms with Gasteiger partial charge in [-0.15, -0.1) is 0 Å². The molecule has 1 rings (SSSR count). The van der Waals surface area contributed by atoms with Crippen molar-refractivity contribution in [2.45, 2.75) is 32.8 Å². The second-order valence-electron chi connectivity index (χ2n) is 5.29. The molecule has 7 heteroatoms. The first-order valence-electron chi connectivity index (χ1n) is 6.61. The van der Waals surface area contributed by atoms with E-state index in [1.54, 1.807) is 20.8 Å². The zero-order valence-electron chi connectivity index (χ0n) is 12.7. The summed E-state index contributed by atoms with van der Waals surface area (Å²) < 4.78 is 18.3. The van der Waals surface area contributed by atoms with Crippen LogP contribution in [0.2, 0.25) is 0 Å². The molecule has 0 aliphatic carbocycles. The minimum atomic E-state index is -0.602. The zero-order valence-corrected chi connectivity index (χ0v) is 12.7. The van der Waals surface area contributed by atoms with Crippen LogP contribution in [-0.2, 0) is 4.74 Å². The third-order valence-electron chi connectivity index (χ3n) is 2.19. The number of carbonyl (C=O) groups excluding carboxylic acids is 1. The van der Waals surface area contributed by atoms with Crippen molar-refractivity contribution in [2.75, 3.05) is 6.54 Å². The molecule has 0 radical (unpaired) electrons. The van der Waals surface area contributed by atoms with Crippen LogP contribution in [0.4, 0.5) is 9.18 Å². The van der Waals surface area contributed by atoms with Gasteiger partial charge in [0.15, 0.2) is 5.82 Å². The standard InChI is InChI=1S/C15H18FN3O3/c1-15(2,3)22-14(20)17-9-5-4-6-11-7-8-12(16)13(19-11)10-18-21/h7-8,10,21H,5,9H2,1-3H3,(H,17,20)/b18-10+. The quantitative estimate of drug-likeness (QED) is 0.295. The fourth-order valence-corrected chi connectivity index (χ4v) is 1.37. The topological polar surface area (TPSA) is 83.8 Å². The van der Waals surface area contributed by atoms with Gasteiger partial charge in [0.2, 0.25) is 0 Å². The first kappa shape index (κ1) is 17.4.